The van der Waals surface area contributed by atoms with Gasteiger partial charge in [0.25, 0.3) is 0 Å². The van der Waals surface area contributed by atoms with Crippen LogP contribution in [0.15, 0.2) is 48.5 Å². The van der Waals surface area contributed by atoms with E-state index in [1.54, 1.807) is 0 Å². The van der Waals surface area contributed by atoms with Gasteiger partial charge in [-0.1, -0.05) is 30.3 Å². The molecule has 1 unspecified atom stereocenters. The van der Waals surface area contributed by atoms with E-state index in [-0.39, 0.29) is 11.9 Å². The lowest BCUT2D eigenvalue weighted by atomic mass is 10.1. The van der Waals surface area contributed by atoms with E-state index in [1.165, 1.54) is 5.56 Å². The van der Waals surface area contributed by atoms with Crippen molar-refractivity contribution in [2.75, 3.05) is 57.9 Å². The molecular weight excluding hydrogens is 406 g/mol. The molecule has 2 aromatic rings. The maximum atomic E-state index is 13.0. The van der Waals surface area contributed by atoms with Crippen LogP contribution in [-0.2, 0) is 16.1 Å². The fourth-order valence-corrected chi connectivity index (χ4v) is 4.08. The van der Waals surface area contributed by atoms with Gasteiger partial charge in [0.2, 0.25) is 5.91 Å². The Morgan fingerprint density at radius 1 is 1.03 bits per heavy atom. The van der Waals surface area contributed by atoms with Crippen molar-refractivity contribution in [2.24, 2.45) is 0 Å². The van der Waals surface area contributed by atoms with Gasteiger partial charge in [0.05, 0.1) is 33.0 Å². The van der Waals surface area contributed by atoms with E-state index in [1.807, 2.05) is 36.4 Å². The molecule has 0 saturated carbocycles. The van der Waals surface area contributed by atoms with Crippen molar-refractivity contribution in [3.8, 4) is 11.5 Å². The number of fused-ring (bicyclic) bond motifs is 1. The summed E-state index contributed by atoms with van der Waals surface area (Å²) in [4.78, 5) is 17.6. The lowest BCUT2D eigenvalue weighted by Crippen LogP contribution is -2.47. The molecule has 2 aromatic carbocycles. The van der Waals surface area contributed by atoms with Gasteiger partial charge in [0.1, 0.15) is 0 Å². The average Bonchev–Trinajstić information content (AvgIpc) is 3.05. The molecular formula is C25H33N3O4. The Kier molecular flexibility index (Phi) is 7.98. The van der Waals surface area contributed by atoms with Gasteiger partial charge in [-0.15, -0.1) is 0 Å². The van der Waals surface area contributed by atoms with Crippen molar-refractivity contribution in [3.63, 3.8) is 0 Å². The van der Waals surface area contributed by atoms with Crippen molar-refractivity contribution in [2.45, 2.75) is 25.9 Å². The number of hydrogen-bond acceptors (Lipinski definition) is 6. The van der Waals surface area contributed by atoms with E-state index in [9.17, 15) is 4.79 Å². The van der Waals surface area contributed by atoms with Crippen LogP contribution in [-0.4, -0.2) is 74.4 Å². The lowest BCUT2D eigenvalue weighted by Gasteiger charge is -2.34. The first-order chi connectivity index (χ1) is 15.7. The Bertz CT molecular complexity index is 871. The summed E-state index contributed by atoms with van der Waals surface area (Å²) in [5.41, 5.74) is 1.92. The average molecular weight is 440 g/mol. The highest BCUT2D eigenvalue weighted by atomic mass is 16.5. The molecule has 1 N–H and O–H groups in total. The Morgan fingerprint density at radius 2 is 1.78 bits per heavy atom. The third-order valence-electron chi connectivity index (χ3n) is 5.86. The van der Waals surface area contributed by atoms with Crippen LogP contribution >= 0.6 is 0 Å². The molecule has 1 saturated heterocycles. The van der Waals surface area contributed by atoms with Crippen LogP contribution in [0.2, 0.25) is 0 Å². The lowest BCUT2D eigenvalue weighted by molar-refractivity contribution is -0.118. The van der Waals surface area contributed by atoms with Crippen molar-refractivity contribution < 1.29 is 19.0 Å². The van der Waals surface area contributed by atoms with Crippen LogP contribution in [0.3, 0.4) is 0 Å². The van der Waals surface area contributed by atoms with Crippen LogP contribution in [0.1, 0.15) is 18.9 Å². The second kappa shape index (κ2) is 11.3. The summed E-state index contributed by atoms with van der Waals surface area (Å²) < 4.78 is 16.9. The minimum Gasteiger partial charge on any atom is -0.490 e. The van der Waals surface area contributed by atoms with E-state index in [2.05, 4.69) is 34.2 Å². The molecule has 0 spiro atoms. The van der Waals surface area contributed by atoms with Crippen molar-refractivity contribution >= 4 is 11.6 Å². The topological polar surface area (TPSA) is 63.3 Å². The minimum atomic E-state index is -0.0377. The molecule has 0 radical (unpaired) electrons. The van der Waals surface area contributed by atoms with Gasteiger partial charge >= 0.3 is 0 Å². The van der Waals surface area contributed by atoms with Crippen LogP contribution in [0, 0.1) is 0 Å². The Hall–Kier alpha value is -2.61. The molecule has 7 nitrogen and oxygen atoms in total. The smallest absolute Gasteiger partial charge is 0.238 e. The minimum absolute atomic E-state index is 0.0377. The van der Waals surface area contributed by atoms with Gasteiger partial charge in [0.15, 0.2) is 11.5 Å². The van der Waals surface area contributed by atoms with Gasteiger partial charge in [-0.05, 0) is 24.6 Å². The van der Waals surface area contributed by atoms with Gasteiger partial charge < -0.3 is 19.5 Å². The van der Waals surface area contributed by atoms with E-state index >= 15 is 0 Å². The van der Waals surface area contributed by atoms with E-state index < -0.39 is 0 Å². The second-order valence-corrected chi connectivity index (χ2v) is 8.41. The zero-order valence-corrected chi connectivity index (χ0v) is 18.8. The summed E-state index contributed by atoms with van der Waals surface area (Å²) in [6.07, 6.45) is 0.853. The summed E-state index contributed by atoms with van der Waals surface area (Å²) in [6, 6.07) is 16.1. The quantitative estimate of drug-likeness (QED) is 0.682. The van der Waals surface area contributed by atoms with Gasteiger partial charge in [-0.25, -0.2) is 0 Å². The summed E-state index contributed by atoms with van der Waals surface area (Å²) in [6.45, 7) is 8.83. The molecule has 2 aliphatic heterocycles. The maximum Gasteiger partial charge on any atom is 0.238 e. The molecule has 172 valence electrons. The zero-order valence-electron chi connectivity index (χ0n) is 18.8. The molecule has 0 aliphatic carbocycles. The molecule has 0 aromatic heterocycles. The van der Waals surface area contributed by atoms with Crippen LogP contribution in [0.5, 0.6) is 11.5 Å². The monoisotopic (exact) mass is 439 g/mol. The number of anilines is 1. The second-order valence-electron chi connectivity index (χ2n) is 8.41. The summed E-state index contributed by atoms with van der Waals surface area (Å²) in [5, 5.41) is 3.04. The van der Waals surface area contributed by atoms with Crippen LogP contribution < -0.4 is 14.8 Å². The zero-order chi connectivity index (χ0) is 22.2. The predicted octanol–water partition coefficient (Wildman–Crippen LogP) is 3.01. The fraction of sp³-hybridized carbons (Fsp3) is 0.480. The normalized spacial score (nSPS) is 17.6. The van der Waals surface area contributed by atoms with Crippen molar-refractivity contribution in [1.82, 2.24) is 9.80 Å². The number of carbonyl (C=O) groups excluding carboxylic acids is 1. The third-order valence-corrected chi connectivity index (χ3v) is 5.86. The first kappa shape index (κ1) is 22.6. The highest BCUT2D eigenvalue weighted by molar-refractivity contribution is 5.92. The first-order valence-corrected chi connectivity index (χ1v) is 11.4. The van der Waals surface area contributed by atoms with Crippen LogP contribution in [0.25, 0.3) is 0 Å². The van der Waals surface area contributed by atoms with E-state index in [0.717, 1.165) is 57.3 Å². The number of ether oxygens (including phenoxy) is 3. The summed E-state index contributed by atoms with van der Waals surface area (Å²) >= 11 is 0. The number of nitrogens with one attached hydrogen (secondary N) is 1. The SMILES string of the molecule is CC(CN1CCOCC1)N(CC(=O)Nc1ccc2c(c1)OCCCO2)Cc1ccccc1. The first-order valence-electron chi connectivity index (χ1n) is 11.4. The van der Waals surface area contributed by atoms with E-state index in [4.69, 9.17) is 14.2 Å². The number of hydrogen-bond donors (Lipinski definition) is 1. The molecule has 32 heavy (non-hydrogen) atoms. The highest BCUT2D eigenvalue weighted by Gasteiger charge is 2.22. The largest absolute Gasteiger partial charge is 0.490 e. The highest BCUT2D eigenvalue weighted by Crippen LogP contribution is 2.32. The number of carbonyl (C=O) groups is 1. The Morgan fingerprint density at radius 3 is 2.56 bits per heavy atom. The Labute approximate surface area is 190 Å². The van der Waals surface area contributed by atoms with Gasteiger partial charge in [-0.2, -0.15) is 0 Å². The van der Waals surface area contributed by atoms with Crippen LogP contribution in [0.4, 0.5) is 5.69 Å². The van der Waals surface area contributed by atoms with Gasteiger partial charge in [0, 0.05) is 50.4 Å². The Balaban J connectivity index is 1.41. The molecule has 7 heteroatoms. The number of morpholine rings is 1. The number of rotatable bonds is 8. The molecule has 4 rings (SSSR count). The maximum absolute atomic E-state index is 13.0. The predicted molar refractivity (Wildman–Crippen MR) is 124 cm³/mol. The number of amides is 1. The van der Waals surface area contributed by atoms with Crippen molar-refractivity contribution in [1.29, 1.82) is 0 Å². The molecule has 2 aliphatic rings. The molecule has 1 fully saturated rings. The summed E-state index contributed by atoms with van der Waals surface area (Å²) in [7, 11) is 0. The summed E-state index contributed by atoms with van der Waals surface area (Å²) in [5.74, 6) is 1.37. The number of nitrogens with zero attached hydrogens (tertiary/aromatic N) is 2. The van der Waals surface area contributed by atoms with Gasteiger partial charge in [-0.3, -0.25) is 14.6 Å². The van der Waals surface area contributed by atoms with E-state index in [0.29, 0.717) is 25.5 Å². The molecule has 1 atom stereocenters. The standard InChI is InChI=1S/C25H33N3O4/c1-20(17-27-10-14-30-15-11-27)28(18-21-6-3-2-4-7-21)19-25(29)26-22-8-9-23-24(16-22)32-13-5-12-31-23/h2-4,6-9,16,20H,5,10-15,17-19H2,1H3,(H,26,29). The van der Waals surface area contributed by atoms with Crippen molar-refractivity contribution in [3.05, 3.63) is 54.1 Å². The third kappa shape index (κ3) is 6.45. The molecule has 0 bridgehead atoms. The number of benzene rings is 2. The molecule has 2 heterocycles. The molecule has 1 amide bonds. The fourth-order valence-electron chi connectivity index (χ4n) is 4.08.